The van der Waals surface area contributed by atoms with Gasteiger partial charge in [0, 0.05) is 5.39 Å². The van der Waals surface area contributed by atoms with E-state index in [0.29, 0.717) is 11.7 Å². The molecule has 27 heavy (non-hydrogen) atoms. The molecule has 0 aliphatic carbocycles. The summed E-state index contributed by atoms with van der Waals surface area (Å²) in [6.45, 7) is 4.54. The van der Waals surface area contributed by atoms with Crippen molar-refractivity contribution in [3.63, 3.8) is 0 Å². The normalized spacial score (nSPS) is 12.5. The van der Waals surface area contributed by atoms with Gasteiger partial charge >= 0.3 is 0 Å². The van der Waals surface area contributed by atoms with Crippen molar-refractivity contribution in [2.75, 3.05) is 0 Å². The zero-order valence-corrected chi connectivity index (χ0v) is 17.7. The third-order valence-electron chi connectivity index (χ3n) is 5.95. The fraction of sp³-hybridized carbons (Fsp3) is 0.615. The molecule has 1 N–H and O–H groups in total. The molecular formula is C26H40O. The summed E-state index contributed by atoms with van der Waals surface area (Å²) in [5, 5.41) is 12.7. The minimum Gasteiger partial charge on any atom is -0.507 e. The zero-order valence-electron chi connectivity index (χ0n) is 17.7. The number of hydrogen-bond acceptors (Lipinski definition) is 1. The number of hydrogen-bond donors (Lipinski definition) is 1. The van der Waals surface area contributed by atoms with Gasteiger partial charge in [0.25, 0.3) is 0 Å². The highest BCUT2D eigenvalue weighted by atomic mass is 16.3. The zero-order chi connectivity index (χ0) is 19.3. The summed E-state index contributed by atoms with van der Waals surface area (Å²) in [5.41, 5.74) is 1.11. The molecule has 150 valence electrons. The van der Waals surface area contributed by atoms with Crippen molar-refractivity contribution in [1.29, 1.82) is 0 Å². The van der Waals surface area contributed by atoms with Crippen LogP contribution in [-0.4, -0.2) is 5.11 Å². The largest absolute Gasteiger partial charge is 0.507 e. The lowest BCUT2D eigenvalue weighted by molar-refractivity contribution is 0.463. The van der Waals surface area contributed by atoms with Gasteiger partial charge < -0.3 is 5.11 Å². The lowest BCUT2D eigenvalue weighted by Gasteiger charge is -2.15. The Kier molecular flexibility index (Phi) is 10.3. The first-order chi connectivity index (χ1) is 13.2. The highest BCUT2D eigenvalue weighted by Gasteiger charge is 2.12. The Hall–Kier alpha value is -1.50. The van der Waals surface area contributed by atoms with Crippen LogP contribution in [-0.2, 0) is 0 Å². The Balaban J connectivity index is 1.56. The number of phenolic OH excluding ortho intramolecular Hbond substituents is 1. The van der Waals surface area contributed by atoms with Crippen LogP contribution < -0.4 is 0 Å². The summed E-state index contributed by atoms with van der Waals surface area (Å²) in [5.74, 6) is 0.914. The van der Waals surface area contributed by atoms with E-state index in [4.69, 9.17) is 0 Å². The quantitative estimate of drug-likeness (QED) is 0.330. The van der Waals surface area contributed by atoms with E-state index in [0.717, 1.165) is 16.3 Å². The van der Waals surface area contributed by atoms with Gasteiger partial charge in [-0.05, 0) is 23.3 Å². The third-order valence-corrected chi connectivity index (χ3v) is 5.95. The molecule has 0 amide bonds. The van der Waals surface area contributed by atoms with Gasteiger partial charge in [0.15, 0.2) is 0 Å². The maximum Gasteiger partial charge on any atom is 0.126 e. The van der Waals surface area contributed by atoms with Gasteiger partial charge in [0.05, 0.1) is 0 Å². The summed E-state index contributed by atoms with van der Waals surface area (Å²) in [6.07, 6.45) is 17.9. The fourth-order valence-electron chi connectivity index (χ4n) is 4.12. The van der Waals surface area contributed by atoms with Crippen LogP contribution in [0.2, 0.25) is 0 Å². The molecular weight excluding hydrogens is 328 g/mol. The van der Waals surface area contributed by atoms with Crippen molar-refractivity contribution in [3.05, 3.63) is 42.0 Å². The molecule has 2 rings (SSSR count). The molecule has 0 aliphatic rings. The summed E-state index contributed by atoms with van der Waals surface area (Å²) >= 11 is 0. The average Bonchev–Trinajstić information content (AvgIpc) is 2.69. The van der Waals surface area contributed by atoms with Gasteiger partial charge in [0.1, 0.15) is 5.75 Å². The number of benzene rings is 2. The molecule has 1 heteroatoms. The highest BCUT2D eigenvalue weighted by Crippen LogP contribution is 2.35. The number of fused-ring (bicyclic) bond motifs is 1. The van der Waals surface area contributed by atoms with Crippen LogP contribution in [0.5, 0.6) is 5.75 Å². The van der Waals surface area contributed by atoms with Gasteiger partial charge in [-0.25, -0.2) is 0 Å². The molecule has 0 saturated carbocycles. The number of aromatic hydroxyl groups is 1. The van der Waals surface area contributed by atoms with E-state index in [1.54, 1.807) is 0 Å². The van der Waals surface area contributed by atoms with Crippen molar-refractivity contribution in [2.24, 2.45) is 0 Å². The molecule has 0 spiro atoms. The number of rotatable bonds is 14. The molecule has 0 fully saturated rings. The van der Waals surface area contributed by atoms with E-state index in [9.17, 15) is 5.11 Å². The maximum atomic E-state index is 10.6. The monoisotopic (exact) mass is 368 g/mol. The smallest absolute Gasteiger partial charge is 0.126 e. The van der Waals surface area contributed by atoms with Crippen molar-refractivity contribution in [3.8, 4) is 5.75 Å². The standard InChI is InChI=1S/C26H40O/c1-3-4-5-6-7-8-9-10-11-12-13-14-17-22(2)24-21-20-23-18-15-16-19-25(23)26(24)27/h15-16,18-22,27H,3-14,17H2,1-2H3. The molecule has 1 atom stereocenters. The van der Waals surface area contributed by atoms with Gasteiger partial charge in [-0.3, -0.25) is 0 Å². The van der Waals surface area contributed by atoms with E-state index in [1.165, 1.54) is 83.5 Å². The van der Waals surface area contributed by atoms with Crippen molar-refractivity contribution < 1.29 is 5.11 Å². The average molecular weight is 369 g/mol. The third kappa shape index (κ3) is 7.56. The molecule has 0 heterocycles. The van der Waals surface area contributed by atoms with Crippen LogP contribution in [0.15, 0.2) is 36.4 Å². The van der Waals surface area contributed by atoms with Crippen molar-refractivity contribution in [2.45, 2.75) is 103 Å². The van der Waals surface area contributed by atoms with E-state index in [2.05, 4.69) is 32.0 Å². The molecule has 0 bridgehead atoms. The molecule has 0 saturated heterocycles. The van der Waals surface area contributed by atoms with E-state index >= 15 is 0 Å². The van der Waals surface area contributed by atoms with E-state index in [-0.39, 0.29) is 0 Å². The lowest BCUT2D eigenvalue weighted by Crippen LogP contribution is -1.95. The van der Waals surface area contributed by atoms with Gasteiger partial charge in [-0.15, -0.1) is 0 Å². The van der Waals surface area contributed by atoms with E-state index < -0.39 is 0 Å². The lowest BCUT2D eigenvalue weighted by atomic mass is 9.92. The van der Waals surface area contributed by atoms with Crippen LogP contribution >= 0.6 is 0 Å². The minimum absolute atomic E-state index is 0.428. The van der Waals surface area contributed by atoms with Crippen molar-refractivity contribution in [1.82, 2.24) is 0 Å². The topological polar surface area (TPSA) is 20.2 Å². The SMILES string of the molecule is CCCCCCCCCCCCCCC(C)c1ccc2ccccc2c1O. The predicted molar refractivity (Wildman–Crippen MR) is 120 cm³/mol. The van der Waals surface area contributed by atoms with Crippen molar-refractivity contribution >= 4 is 10.8 Å². The summed E-state index contributed by atoms with van der Waals surface area (Å²) in [4.78, 5) is 0. The van der Waals surface area contributed by atoms with Crippen LogP contribution in [0.3, 0.4) is 0 Å². The fourth-order valence-corrected chi connectivity index (χ4v) is 4.12. The Morgan fingerprint density at radius 2 is 1.26 bits per heavy atom. The van der Waals surface area contributed by atoms with Crippen LogP contribution in [0.25, 0.3) is 10.8 Å². The Morgan fingerprint density at radius 3 is 1.89 bits per heavy atom. The summed E-state index contributed by atoms with van der Waals surface area (Å²) in [7, 11) is 0. The van der Waals surface area contributed by atoms with Gasteiger partial charge in [-0.1, -0.05) is 127 Å². The van der Waals surface area contributed by atoms with Gasteiger partial charge in [-0.2, -0.15) is 0 Å². The Morgan fingerprint density at radius 1 is 0.704 bits per heavy atom. The maximum absolute atomic E-state index is 10.6. The Bertz CT molecular complexity index is 646. The first kappa shape index (κ1) is 21.8. The molecule has 2 aromatic rings. The predicted octanol–water partition coefficient (Wildman–Crippen LogP) is 8.74. The second-order valence-electron chi connectivity index (χ2n) is 8.30. The molecule has 0 aromatic heterocycles. The molecule has 1 unspecified atom stereocenters. The highest BCUT2D eigenvalue weighted by molar-refractivity contribution is 5.89. The van der Waals surface area contributed by atoms with Crippen LogP contribution in [0.4, 0.5) is 0 Å². The molecule has 0 aliphatic heterocycles. The van der Waals surface area contributed by atoms with Gasteiger partial charge in [0.2, 0.25) is 0 Å². The summed E-state index contributed by atoms with van der Waals surface area (Å²) < 4.78 is 0. The number of phenols is 1. The molecule has 2 aromatic carbocycles. The first-order valence-corrected chi connectivity index (χ1v) is 11.4. The van der Waals surface area contributed by atoms with Crippen LogP contribution in [0, 0.1) is 0 Å². The Labute approximate surface area is 167 Å². The number of unbranched alkanes of at least 4 members (excludes halogenated alkanes) is 11. The minimum atomic E-state index is 0.428. The first-order valence-electron chi connectivity index (χ1n) is 11.4. The summed E-state index contributed by atoms with van der Waals surface area (Å²) in [6, 6.07) is 12.4. The second kappa shape index (κ2) is 12.8. The molecule has 1 nitrogen and oxygen atoms in total. The second-order valence-corrected chi connectivity index (χ2v) is 8.30. The van der Waals surface area contributed by atoms with E-state index in [1.807, 2.05) is 18.2 Å². The van der Waals surface area contributed by atoms with Crippen LogP contribution in [0.1, 0.15) is 109 Å². The molecule has 0 radical (unpaired) electrons.